The Morgan fingerprint density at radius 3 is 2.79 bits per heavy atom. The number of fused-ring (bicyclic) bond motifs is 1. The van der Waals surface area contributed by atoms with E-state index < -0.39 is 17.9 Å². The molecule has 2 N–H and O–H groups in total. The van der Waals surface area contributed by atoms with Gasteiger partial charge in [-0.3, -0.25) is 9.30 Å². The molecular weight excluding hydrogens is 446 g/mol. The van der Waals surface area contributed by atoms with Crippen molar-refractivity contribution >= 4 is 11.5 Å². The van der Waals surface area contributed by atoms with Crippen molar-refractivity contribution in [3.63, 3.8) is 0 Å². The summed E-state index contributed by atoms with van der Waals surface area (Å²) in [6.07, 6.45) is -1.77. The van der Waals surface area contributed by atoms with E-state index >= 15 is 0 Å². The predicted molar refractivity (Wildman–Crippen MR) is 112 cm³/mol. The number of aliphatic hydroxyl groups is 1. The van der Waals surface area contributed by atoms with E-state index in [1.165, 1.54) is 35.9 Å². The average Bonchev–Trinajstić information content (AvgIpc) is 3.16. The van der Waals surface area contributed by atoms with Crippen molar-refractivity contribution in [2.75, 3.05) is 38.7 Å². The lowest BCUT2D eigenvalue weighted by molar-refractivity contribution is -0.274. The summed E-state index contributed by atoms with van der Waals surface area (Å²) in [6, 6.07) is 4.99. The fourth-order valence-corrected chi connectivity index (χ4v) is 4.02. The number of methoxy groups -OCH3 is 1. The number of anilines is 1. The van der Waals surface area contributed by atoms with E-state index in [0.29, 0.717) is 13.1 Å². The van der Waals surface area contributed by atoms with E-state index in [1.807, 2.05) is 0 Å². The monoisotopic (exact) mass is 469 g/mol. The Morgan fingerprint density at radius 2 is 2.06 bits per heavy atom. The molecule has 3 heterocycles. The van der Waals surface area contributed by atoms with Gasteiger partial charge in [0.25, 0.3) is 0 Å². The number of likely N-dealkylation sites (tertiary alicyclic amines) is 1. The van der Waals surface area contributed by atoms with Crippen LogP contribution in [0.15, 0.2) is 30.5 Å². The number of nitrogens with one attached hydrogen (secondary N) is 1. The summed E-state index contributed by atoms with van der Waals surface area (Å²) in [5.74, 6) is -0.838. The highest BCUT2D eigenvalue weighted by Crippen LogP contribution is 2.38. The number of halogens is 4. The summed E-state index contributed by atoms with van der Waals surface area (Å²) in [7, 11) is 1.31. The first kappa shape index (κ1) is 23.1. The number of aliphatic hydroxyl groups excluding tert-OH is 1. The molecule has 12 heteroatoms. The van der Waals surface area contributed by atoms with Crippen LogP contribution in [-0.4, -0.2) is 70.4 Å². The van der Waals surface area contributed by atoms with Crippen LogP contribution in [-0.2, 0) is 0 Å². The minimum Gasteiger partial charge on any atom is -0.497 e. The summed E-state index contributed by atoms with van der Waals surface area (Å²) in [5.41, 5.74) is -0.218. The number of hydrogen-bond donors (Lipinski definition) is 2. The molecule has 2 aromatic heterocycles. The third-order valence-electron chi connectivity index (χ3n) is 5.46. The standard InChI is InChI=1S/C21H23F4N5O3/c1-32-14-4-5-15(17(11-14)33-21(23,24)25)18-19-16(22)6-8-30(19)20(28-27-18)26-13-3-2-7-29(12-13)9-10-31/h4-6,8,11,13,31H,2-3,7,9-10,12H2,1H3,(H,26,28). The molecule has 0 amide bonds. The van der Waals surface area contributed by atoms with Crippen LogP contribution in [0.4, 0.5) is 23.5 Å². The number of benzene rings is 1. The van der Waals surface area contributed by atoms with Crippen LogP contribution in [0.25, 0.3) is 16.8 Å². The number of rotatable bonds is 7. The van der Waals surface area contributed by atoms with Crippen LogP contribution >= 0.6 is 0 Å². The molecule has 33 heavy (non-hydrogen) atoms. The molecule has 4 rings (SSSR count). The lowest BCUT2D eigenvalue weighted by Crippen LogP contribution is -2.43. The van der Waals surface area contributed by atoms with Crippen LogP contribution in [0.3, 0.4) is 0 Å². The minimum atomic E-state index is -4.96. The van der Waals surface area contributed by atoms with Crippen LogP contribution in [0, 0.1) is 5.82 Å². The number of aromatic nitrogens is 3. The highest BCUT2D eigenvalue weighted by molar-refractivity contribution is 5.82. The molecule has 178 valence electrons. The summed E-state index contributed by atoms with van der Waals surface area (Å²) in [6.45, 7) is 2.14. The first-order chi connectivity index (χ1) is 15.8. The number of nitrogens with zero attached hydrogens (tertiary/aromatic N) is 4. The van der Waals surface area contributed by atoms with Gasteiger partial charge < -0.3 is 19.9 Å². The minimum absolute atomic E-state index is 0.00998. The van der Waals surface area contributed by atoms with Gasteiger partial charge in [-0.25, -0.2) is 4.39 Å². The van der Waals surface area contributed by atoms with Gasteiger partial charge in [-0.2, -0.15) is 0 Å². The molecule has 0 bridgehead atoms. The van der Waals surface area contributed by atoms with Gasteiger partial charge in [0, 0.05) is 37.0 Å². The fourth-order valence-electron chi connectivity index (χ4n) is 4.02. The van der Waals surface area contributed by atoms with E-state index in [0.717, 1.165) is 25.5 Å². The third-order valence-corrected chi connectivity index (χ3v) is 5.46. The molecule has 0 spiro atoms. The van der Waals surface area contributed by atoms with Gasteiger partial charge >= 0.3 is 6.36 Å². The van der Waals surface area contributed by atoms with E-state index in [4.69, 9.17) is 4.74 Å². The highest BCUT2D eigenvalue weighted by atomic mass is 19.4. The molecule has 0 aliphatic carbocycles. The Hall–Kier alpha value is -3.12. The van der Waals surface area contributed by atoms with Gasteiger partial charge in [0.1, 0.15) is 22.7 Å². The van der Waals surface area contributed by atoms with Gasteiger partial charge in [-0.15, -0.1) is 23.4 Å². The third kappa shape index (κ3) is 5.11. The first-order valence-electron chi connectivity index (χ1n) is 10.4. The second-order valence-electron chi connectivity index (χ2n) is 7.67. The van der Waals surface area contributed by atoms with Crippen LogP contribution in [0.1, 0.15) is 12.8 Å². The molecule has 1 atom stereocenters. The van der Waals surface area contributed by atoms with Crippen molar-refractivity contribution < 1.29 is 32.1 Å². The molecule has 3 aromatic rings. The Balaban J connectivity index is 1.72. The Labute approximate surface area is 186 Å². The first-order valence-corrected chi connectivity index (χ1v) is 10.4. The quantitative estimate of drug-likeness (QED) is 0.514. The molecule has 1 aliphatic rings. The van der Waals surface area contributed by atoms with Crippen LogP contribution in [0.2, 0.25) is 0 Å². The SMILES string of the molecule is COc1ccc(-c2nnc(NC3CCCN(CCO)C3)n3ccc(F)c23)c(OC(F)(F)F)c1. The lowest BCUT2D eigenvalue weighted by atomic mass is 10.1. The summed E-state index contributed by atoms with van der Waals surface area (Å²) in [4.78, 5) is 2.11. The number of alkyl halides is 3. The smallest absolute Gasteiger partial charge is 0.497 e. The summed E-state index contributed by atoms with van der Waals surface area (Å²) >= 11 is 0. The van der Waals surface area contributed by atoms with Gasteiger partial charge in [0.15, 0.2) is 5.82 Å². The number of β-amino-alcohol motifs (C(OH)–C–C–N with tert-alkyl or cyclic N) is 1. The van der Waals surface area contributed by atoms with Crippen molar-refractivity contribution in [2.45, 2.75) is 25.2 Å². The zero-order valence-electron chi connectivity index (χ0n) is 17.8. The van der Waals surface area contributed by atoms with Gasteiger partial charge in [0.05, 0.1) is 13.7 Å². The Morgan fingerprint density at radius 1 is 1.24 bits per heavy atom. The molecule has 1 fully saturated rings. The molecular formula is C21H23F4N5O3. The molecule has 0 radical (unpaired) electrons. The van der Waals surface area contributed by atoms with E-state index in [9.17, 15) is 22.7 Å². The van der Waals surface area contributed by atoms with E-state index in [2.05, 4.69) is 25.2 Å². The second-order valence-corrected chi connectivity index (χ2v) is 7.67. The van der Waals surface area contributed by atoms with Gasteiger partial charge in [0.2, 0.25) is 5.95 Å². The van der Waals surface area contributed by atoms with E-state index in [1.54, 1.807) is 0 Å². The number of ether oxygens (including phenoxy) is 2. The predicted octanol–water partition coefficient (Wildman–Crippen LogP) is 3.31. The zero-order valence-corrected chi connectivity index (χ0v) is 17.8. The van der Waals surface area contributed by atoms with Gasteiger partial charge in [-0.05, 0) is 37.6 Å². The lowest BCUT2D eigenvalue weighted by Gasteiger charge is -2.32. The van der Waals surface area contributed by atoms with Crippen molar-refractivity contribution in [3.05, 3.63) is 36.3 Å². The molecule has 1 unspecified atom stereocenters. The van der Waals surface area contributed by atoms with Crippen molar-refractivity contribution in [2.24, 2.45) is 0 Å². The maximum Gasteiger partial charge on any atom is 0.573 e. The van der Waals surface area contributed by atoms with Crippen molar-refractivity contribution in [1.82, 2.24) is 19.5 Å². The Bertz CT molecular complexity index is 1120. The van der Waals surface area contributed by atoms with Gasteiger partial charge in [-0.1, -0.05) is 0 Å². The summed E-state index contributed by atoms with van der Waals surface area (Å²) < 4.78 is 64.4. The van der Waals surface area contributed by atoms with Crippen LogP contribution in [0.5, 0.6) is 11.5 Å². The maximum atomic E-state index is 14.8. The molecule has 1 aromatic carbocycles. The van der Waals surface area contributed by atoms with Crippen molar-refractivity contribution in [3.8, 4) is 22.8 Å². The summed E-state index contributed by atoms with van der Waals surface area (Å²) in [5, 5.41) is 20.6. The molecule has 0 saturated carbocycles. The average molecular weight is 469 g/mol. The molecule has 1 saturated heterocycles. The van der Waals surface area contributed by atoms with E-state index in [-0.39, 0.29) is 41.1 Å². The normalized spacial score (nSPS) is 17.3. The largest absolute Gasteiger partial charge is 0.573 e. The van der Waals surface area contributed by atoms with Crippen LogP contribution < -0.4 is 14.8 Å². The molecule has 8 nitrogen and oxygen atoms in total. The van der Waals surface area contributed by atoms with Crippen molar-refractivity contribution in [1.29, 1.82) is 0 Å². The molecule has 1 aliphatic heterocycles. The second kappa shape index (κ2) is 9.40. The number of hydrogen-bond acceptors (Lipinski definition) is 7. The maximum absolute atomic E-state index is 14.8. The number of piperidine rings is 1. The zero-order chi connectivity index (χ0) is 23.6. The fraction of sp³-hybridized carbons (Fsp3) is 0.429. The topological polar surface area (TPSA) is 84.2 Å². The Kier molecular flexibility index (Phi) is 6.56. The highest BCUT2D eigenvalue weighted by Gasteiger charge is 2.33.